The Morgan fingerprint density at radius 3 is 3.20 bits per heavy atom. The molecule has 1 aromatic heterocycles. The van der Waals surface area contributed by atoms with Crippen molar-refractivity contribution in [3.63, 3.8) is 0 Å². The van der Waals surface area contributed by atoms with Crippen molar-refractivity contribution in [3.05, 3.63) is 22.4 Å². The minimum Gasteiger partial charge on any atom is -0.396 e. The van der Waals surface area contributed by atoms with Crippen LogP contribution in [0.15, 0.2) is 17.5 Å². The van der Waals surface area contributed by atoms with Crippen LogP contribution in [0.2, 0.25) is 0 Å². The number of urea groups is 1. The van der Waals surface area contributed by atoms with E-state index in [2.05, 4.69) is 29.8 Å². The summed E-state index contributed by atoms with van der Waals surface area (Å²) in [5.41, 5.74) is 0. The number of amides is 2. The number of thiophene rings is 1. The van der Waals surface area contributed by atoms with Crippen LogP contribution in [0, 0.1) is 11.8 Å². The molecule has 0 unspecified atom stereocenters. The first-order valence-corrected chi connectivity index (χ1v) is 8.23. The van der Waals surface area contributed by atoms with Crippen molar-refractivity contribution < 1.29 is 9.90 Å². The van der Waals surface area contributed by atoms with Crippen molar-refractivity contribution in [2.75, 3.05) is 26.2 Å². The molecule has 112 valence electrons. The van der Waals surface area contributed by atoms with Gasteiger partial charge < -0.3 is 15.3 Å². The topological polar surface area (TPSA) is 52.6 Å². The minimum atomic E-state index is 0.0150. The Morgan fingerprint density at radius 1 is 1.65 bits per heavy atom. The van der Waals surface area contributed by atoms with Gasteiger partial charge in [0.15, 0.2) is 0 Å². The number of nitrogens with zero attached hydrogens (tertiary/aromatic N) is 1. The molecule has 0 aliphatic carbocycles. The van der Waals surface area contributed by atoms with Gasteiger partial charge in [-0.25, -0.2) is 4.79 Å². The smallest absolute Gasteiger partial charge is 0.317 e. The highest BCUT2D eigenvalue weighted by atomic mass is 32.1. The van der Waals surface area contributed by atoms with E-state index in [-0.39, 0.29) is 18.6 Å². The van der Waals surface area contributed by atoms with Crippen LogP contribution in [0.1, 0.15) is 24.6 Å². The van der Waals surface area contributed by atoms with Crippen molar-refractivity contribution in [1.29, 1.82) is 0 Å². The molecule has 2 atom stereocenters. The van der Waals surface area contributed by atoms with Gasteiger partial charge in [0.25, 0.3) is 0 Å². The second kappa shape index (κ2) is 7.64. The third-order valence-electron chi connectivity index (χ3n) is 3.80. The van der Waals surface area contributed by atoms with Crippen LogP contribution < -0.4 is 5.32 Å². The SMILES string of the molecule is C[C@H](CNC(=O)N1CCC[C@@H](CO)C1)Cc1cccs1. The van der Waals surface area contributed by atoms with E-state index in [0.29, 0.717) is 19.0 Å². The molecule has 4 nitrogen and oxygen atoms in total. The zero-order valence-electron chi connectivity index (χ0n) is 12.0. The summed E-state index contributed by atoms with van der Waals surface area (Å²) in [7, 11) is 0. The fourth-order valence-corrected chi connectivity index (χ4v) is 3.49. The van der Waals surface area contributed by atoms with Crippen LogP contribution in [0.4, 0.5) is 4.79 Å². The second-order valence-electron chi connectivity index (χ2n) is 5.71. The predicted molar refractivity (Wildman–Crippen MR) is 82.0 cm³/mol. The van der Waals surface area contributed by atoms with Crippen LogP contribution in [-0.4, -0.2) is 42.3 Å². The molecule has 0 spiro atoms. The Bertz CT molecular complexity index is 408. The van der Waals surface area contributed by atoms with Gasteiger partial charge >= 0.3 is 6.03 Å². The molecule has 2 N–H and O–H groups in total. The maximum Gasteiger partial charge on any atom is 0.317 e. The summed E-state index contributed by atoms with van der Waals surface area (Å²) in [5, 5.41) is 14.3. The van der Waals surface area contributed by atoms with Crippen molar-refractivity contribution in [2.45, 2.75) is 26.2 Å². The summed E-state index contributed by atoms with van der Waals surface area (Å²) in [6, 6.07) is 4.22. The number of rotatable bonds is 5. The standard InChI is InChI=1S/C15H24N2O2S/c1-12(8-14-5-3-7-20-14)9-16-15(19)17-6-2-4-13(10-17)11-18/h3,5,7,12-13,18H,2,4,6,8-11H2,1H3,(H,16,19)/t12-,13+/m0/s1. The number of hydrogen-bond acceptors (Lipinski definition) is 3. The lowest BCUT2D eigenvalue weighted by Crippen LogP contribution is -2.47. The van der Waals surface area contributed by atoms with Crippen molar-refractivity contribution in [3.8, 4) is 0 Å². The van der Waals surface area contributed by atoms with Crippen LogP contribution in [0.3, 0.4) is 0 Å². The average molecular weight is 296 g/mol. The predicted octanol–water partition coefficient (Wildman–Crippen LogP) is 2.34. The maximum absolute atomic E-state index is 12.1. The summed E-state index contributed by atoms with van der Waals surface area (Å²) in [6.07, 6.45) is 3.02. The van der Waals surface area contributed by atoms with E-state index in [9.17, 15) is 9.90 Å². The first kappa shape index (κ1) is 15.3. The number of likely N-dealkylation sites (tertiary alicyclic amines) is 1. The molecule has 20 heavy (non-hydrogen) atoms. The van der Waals surface area contributed by atoms with E-state index < -0.39 is 0 Å². The van der Waals surface area contributed by atoms with E-state index >= 15 is 0 Å². The monoisotopic (exact) mass is 296 g/mol. The van der Waals surface area contributed by atoms with E-state index in [1.807, 2.05) is 4.90 Å². The molecule has 0 radical (unpaired) electrons. The lowest BCUT2D eigenvalue weighted by Gasteiger charge is -2.32. The lowest BCUT2D eigenvalue weighted by atomic mass is 9.99. The first-order chi connectivity index (χ1) is 9.69. The van der Waals surface area contributed by atoms with Crippen molar-refractivity contribution in [2.24, 2.45) is 11.8 Å². The van der Waals surface area contributed by atoms with E-state index in [1.165, 1.54) is 4.88 Å². The normalized spacial score (nSPS) is 20.7. The molecule has 0 bridgehead atoms. The molecule has 0 saturated carbocycles. The van der Waals surface area contributed by atoms with Gasteiger partial charge in [-0.05, 0) is 42.5 Å². The fourth-order valence-electron chi connectivity index (χ4n) is 2.62. The zero-order valence-corrected chi connectivity index (χ0v) is 12.9. The molecule has 0 aromatic carbocycles. The van der Waals surface area contributed by atoms with Crippen LogP contribution in [0.5, 0.6) is 0 Å². The Hall–Kier alpha value is -1.07. The molecule has 1 aliphatic heterocycles. The summed E-state index contributed by atoms with van der Waals surface area (Å²) >= 11 is 1.77. The van der Waals surface area contributed by atoms with Crippen molar-refractivity contribution >= 4 is 17.4 Å². The summed E-state index contributed by atoms with van der Waals surface area (Å²) < 4.78 is 0. The summed E-state index contributed by atoms with van der Waals surface area (Å²) in [6.45, 7) is 4.53. The number of carbonyl (C=O) groups excluding carboxylic acids is 1. The maximum atomic E-state index is 12.1. The molecular weight excluding hydrogens is 272 g/mol. The molecule has 2 heterocycles. The van der Waals surface area contributed by atoms with Gasteiger partial charge in [-0.15, -0.1) is 11.3 Å². The van der Waals surface area contributed by atoms with Crippen LogP contribution >= 0.6 is 11.3 Å². The van der Waals surface area contributed by atoms with Gasteiger partial charge in [-0.1, -0.05) is 13.0 Å². The van der Waals surface area contributed by atoms with Crippen molar-refractivity contribution in [1.82, 2.24) is 10.2 Å². The molecule has 1 fully saturated rings. The van der Waals surface area contributed by atoms with E-state index in [0.717, 1.165) is 25.8 Å². The van der Waals surface area contributed by atoms with Crippen LogP contribution in [0.25, 0.3) is 0 Å². The zero-order chi connectivity index (χ0) is 14.4. The Kier molecular flexibility index (Phi) is 5.86. The third-order valence-corrected chi connectivity index (χ3v) is 4.69. The highest BCUT2D eigenvalue weighted by Gasteiger charge is 2.23. The molecule has 2 amide bonds. The van der Waals surface area contributed by atoms with Gasteiger partial charge in [0, 0.05) is 31.1 Å². The van der Waals surface area contributed by atoms with Crippen LogP contribution in [-0.2, 0) is 6.42 Å². The quantitative estimate of drug-likeness (QED) is 0.876. The van der Waals surface area contributed by atoms with E-state index in [4.69, 9.17) is 0 Å². The number of aliphatic hydroxyl groups excluding tert-OH is 1. The molecular formula is C15H24N2O2S. The Morgan fingerprint density at radius 2 is 2.50 bits per heavy atom. The fraction of sp³-hybridized carbons (Fsp3) is 0.667. The van der Waals surface area contributed by atoms with Gasteiger partial charge in [-0.2, -0.15) is 0 Å². The first-order valence-electron chi connectivity index (χ1n) is 7.35. The van der Waals surface area contributed by atoms with Gasteiger partial charge in [-0.3, -0.25) is 0 Å². The van der Waals surface area contributed by atoms with Gasteiger partial charge in [0.05, 0.1) is 0 Å². The molecule has 1 aromatic rings. The molecule has 1 saturated heterocycles. The highest BCUT2D eigenvalue weighted by molar-refractivity contribution is 7.09. The largest absolute Gasteiger partial charge is 0.396 e. The highest BCUT2D eigenvalue weighted by Crippen LogP contribution is 2.16. The molecule has 1 aliphatic rings. The average Bonchev–Trinajstić information content (AvgIpc) is 2.97. The third kappa shape index (κ3) is 4.49. The number of aliphatic hydroxyl groups is 1. The Labute approximate surface area is 124 Å². The molecule has 5 heteroatoms. The number of hydrogen-bond donors (Lipinski definition) is 2. The van der Waals surface area contributed by atoms with Gasteiger partial charge in [0.2, 0.25) is 0 Å². The second-order valence-corrected chi connectivity index (χ2v) is 6.74. The minimum absolute atomic E-state index is 0.0150. The van der Waals surface area contributed by atoms with E-state index in [1.54, 1.807) is 11.3 Å². The molecule has 2 rings (SSSR count). The Balaban J connectivity index is 1.71. The lowest BCUT2D eigenvalue weighted by molar-refractivity contribution is 0.129. The number of carbonyl (C=O) groups is 1. The number of nitrogens with one attached hydrogen (secondary N) is 1. The summed E-state index contributed by atoms with van der Waals surface area (Å²) in [4.78, 5) is 15.3. The van der Waals surface area contributed by atoms with Gasteiger partial charge in [0.1, 0.15) is 0 Å². The summed E-state index contributed by atoms with van der Waals surface area (Å²) in [5.74, 6) is 0.689. The number of piperidine rings is 1.